The van der Waals surface area contributed by atoms with Crippen LogP contribution >= 0.6 is 0 Å². The summed E-state index contributed by atoms with van der Waals surface area (Å²) in [4.78, 5) is 11.5. The second kappa shape index (κ2) is 5.43. The van der Waals surface area contributed by atoms with Crippen LogP contribution in [0.4, 0.5) is 0 Å². The molecule has 0 aliphatic carbocycles. The fourth-order valence-corrected chi connectivity index (χ4v) is 3.22. The van der Waals surface area contributed by atoms with Gasteiger partial charge in [-0.3, -0.25) is 4.79 Å². The summed E-state index contributed by atoms with van der Waals surface area (Å²) in [5, 5.41) is 0. The molecule has 0 radical (unpaired) electrons. The molecule has 0 N–H and O–H groups in total. The van der Waals surface area contributed by atoms with Crippen LogP contribution in [0, 0.1) is 5.41 Å². The second-order valence-corrected chi connectivity index (χ2v) is 8.24. The van der Waals surface area contributed by atoms with Gasteiger partial charge >= 0.3 is 0 Å². The summed E-state index contributed by atoms with van der Waals surface area (Å²) in [6.45, 7) is 11.3. The highest BCUT2D eigenvalue weighted by atomic mass is 28.3. The minimum Gasteiger partial charge on any atom is -0.414 e. The molecule has 0 aromatic rings. The minimum atomic E-state index is -1.11. The number of ether oxygens (including phenoxy) is 1. The fraction of sp³-hybridized carbons (Fsp3) is 0.917. The van der Waals surface area contributed by atoms with Crippen LogP contribution in [0.25, 0.3) is 0 Å². The highest BCUT2D eigenvalue weighted by molar-refractivity contribution is 6.48. The number of hydrogen-bond acceptors (Lipinski definition) is 3. The van der Waals surface area contributed by atoms with Gasteiger partial charge in [-0.05, 0) is 18.5 Å². The van der Waals surface area contributed by atoms with Crippen LogP contribution < -0.4 is 0 Å². The monoisotopic (exact) mass is 244 g/mol. The summed E-state index contributed by atoms with van der Waals surface area (Å²) in [5.74, 6) is 0.305. The van der Waals surface area contributed by atoms with Crippen LogP contribution in [0.3, 0.4) is 0 Å². The Hall–Kier alpha value is -0.193. The van der Waals surface area contributed by atoms with E-state index in [1.165, 1.54) is 0 Å². The lowest BCUT2D eigenvalue weighted by atomic mass is 9.83. The summed E-state index contributed by atoms with van der Waals surface area (Å²) in [7, 11) is -1.11. The molecule has 1 rings (SSSR count). The van der Waals surface area contributed by atoms with Crippen molar-refractivity contribution < 1.29 is 14.0 Å². The molecule has 0 spiro atoms. The largest absolute Gasteiger partial charge is 0.414 e. The summed E-state index contributed by atoms with van der Waals surface area (Å²) < 4.78 is 11.8. The smallest absolute Gasteiger partial charge is 0.171 e. The van der Waals surface area contributed by atoms with E-state index in [0.29, 0.717) is 25.2 Å². The molecule has 1 aliphatic heterocycles. The molecule has 1 heterocycles. The molecule has 1 saturated heterocycles. The summed E-state index contributed by atoms with van der Waals surface area (Å²) >= 11 is 0. The van der Waals surface area contributed by atoms with Crippen molar-refractivity contribution in [2.75, 3.05) is 6.61 Å². The maximum atomic E-state index is 11.5. The lowest BCUT2D eigenvalue weighted by molar-refractivity contribution is -0.138. The van der Waals surface area contributed by atoms with Gasteiger partial charge in [-0.25, -0.2) is 0 Å². The standard InChI is InChI=1S/C12H24O3Si/c1-12(2,3)11(15-16(4)5)10-8-9(13)6-7-14-10/h10-11,16H,6-8H2,1-5H3. The molecule has 0 amide bonds. The molecule has 2 atom stereocenters. The first-order chi connectivity index (χ1) is 7.30. The third kappa shape index (κ3) is 4.00. The van der Waals surface area contributed by atoms with Gasteiger partial charge in [0.05, 0.1) is 18.8 Å². The Bertz CT molecular complexity index is 245. The second-order valence-electron chi connectivity index (χ2n) is 5.87. The van der Waals surface area contributed by atoms with Crippen LogP contribution in [0.5, 0.6) is 0 Å². The lowest BCUT2D eigenvalue weighted by Crippen LogP contribution is -2.46. The fourth-order valence-electron chi connectivity index (χ4n) is 2.05. The molecule has 16 heavy (non-hydrogen) atoms. The van der Waals surface area contributed by atoms with Gasteiger partial charge in [-0.2, -0.15) is 0 Å². The number of hydrogen-bond donors (Lipinski definition) is 0. The highest BCUT2D eigenvalue weighted by Gasteiger charge is 2.37. The van der Waals surface area contributed by atoms with E-state index in [1.54, 1.807) is 0 Å². The van der Waals surface area contributed by atoms with Gasteiger partial charge in [0.1, 0.15) is 5.78 Å². The topological polar surface area (TPSA) is 35.5 Å². The maximum absolute atomic E-state index is 11.5. The van der Waals surface area contributed by atoms with E-state index in [2.05, 4.69) is 33.9 Å². The molecule has 3 nitrogen and oxygen atoms in total. The molecule has 2 unspecified atom stereocenters. The van der Waals surface area contributed by atoms with Crippen LogP contribution in [0.1, 0.15) is 33.6 Å². The number of carbonyl (C=O) groups excluding carboxylic acids is 1. The van der Waals surface area contributed by atoms with E-state index < -0.39 is 9.04 Å². The normalized spacial score (nSPS) is 24.9. The van der Waals surface area contributed by atoms with E-state index in [4.69, 9.17) is 9.16 Å². The summed E-state index contributed by atoms with van der Waals surface area (Å²) in [6, 6.07) is 0. The molecular weight excluding hydrogens is 220 g/mol. The quantitative estimate of drug-likeness (QED) is 0.714. The van der Waals surface area contributed by atoms with Crippen LogP contribution in [0.15, 0.2) is 0 Å². The van der Waals surface area contributed by atoms with Crippen molar-refractivity contribution in [3.8, 4) is 0 Å². The minimum absolute atomic E-state index is 0.0273. The van der Waals surface area contributed by atoms with Crippen molar-refractivity contribution in [3.63, 3.8) is 0 Å². The molecule has 1 aliphatic rings. The third-order valence-electron chi connectivity index (χ3n) is 2.75. The van der Waals surface area contributed by atoms with Gasteiger partial charge < -0.3 is 9.16 Å². The zero-order valence-electron chi connectivity index (χ0n) is 11.1. The van der Waals surface area contributed by atoms with Crippen molar-refractivity contribution in [1.82, 2.24) is 0 Å². The van der Waals surface area contributed by atoms with Gasteiger partial charge in [0.2, 0.25) is 0 Å². The van der Waals surface area contributed by atoms with Crippen molar-refractivity contribution in [1.29, 1.82) is 0 Å². The van der Waals surface area contributed by atoms with E-state index in [0.717, 1.165) is 0 Å². The van der Waals surface area contributed by atoms with Crippen LogP contribution in [-0.4, -0.2) is 33.6 Å². The first-order valence-corrected chi connectivity index (χ1v) is 8.87. The van der Waals surface area contributed by atoms with Crippen molar-refractivity contribution >= 4 is 14.8 Å². The lowest BCUT2D eigenvalue weighted by Gasteiger charge is -2.39. The van der Waals surface area contributed by atoms with Crippen molar-refractivity contribution in [3.05, 3.63) is 0 Å². The van der Waals surface area contributed by atoms with E-state index in [1.807, 2.05) is 0 Å². The predicted octanol–water partition coefficient (Wildman–Crippen LogP) is 2.15. The van der Waals surface area contributed by atoms with Gasteiger partial charge in [0.25, 0.3) is 0 Å². The van der Waals surface area contributed by atoms with Gasteiger partial charge in [-0.1, -0.05) is 20.8 Å². The van der Waals surface area contributed by atoms with Crippen molar-refractivity contribution in [2.24, 2.45) is 5.41 Å². The Morgan fingerprint density at radius 1 is 1.44 bits per heavy atom. The van der Waals surface area contributed by atoms with E-state index in [-0.39, 0.29) is 17.6 Å². The average Bonchev–Trinajstić information content (AvgIpc) is 2.12. The Morgan fingerprint density at radius 2 is 2.06 bits per heavy atom. The number of Topliss-reactive ketones (excluding diaryl/α,β-unsaturated/α-hetero) is 1. The Labute approximate surface area is 100 Å². The predicted molar refractivity (Wildman–Crippen MR) is 67.2 cm³/mol. The zero-order valence-corrected chi connectivity index (χ0v) is 12.2. The molecular formula is C12H24O3Si. The van der Waals surface area contributed by atoms with Gasteiger partial charge in [0, 0.05) is 12.8 Å². The maximum Gasteiger partial charge on any atom is 0.171 e. The molecule has 94 valence electrons. The Kier molecular flexibility index (Phi) is 4.70. The first kappa shape index (κ1) is 13.9. The van der Waals surface area contributed by atoms with Gasteiger partial charge in [-0.15, -0.1) is 0 Å². The number of ketones is 1. The molecule has 1 fully saturated rings. The Balaban J connectivity index is 2.71. The average molecular weight is 244 g/mol. The molecule has 0 aromatic carbocycles. The highest BCUT2D eigenvalue weighted by Crippen LogP contribution is 2.30. The Morgan fingerprint density at radius 3 is 2.50 bits per heavy atom. The van der Waals surface area contributed by atoms with Crippen LogP contribution in [-0.2, 0) is 14.0 Å². The third-order valence-corrected chi connectivity index (χ3v) is 3.59. The van der Waals surface area contributed by atoms with Gasteiger partial charge in [0.15, 0.2) is 9.04 Å². The zero-order chi connectivity index (χ0) is 12.3. The number of carbonyl (C=O) groups is 1. The molecule has 0 bridgehead atoms. The molecule has 0 saturated carbocycles. The number of rotatable bonds is 3. The van der Waals surface area contributed by atoms with E-state index >= 15 is 0 Å². The first-order valence-electron chi connectivity index (χ1n) is 6.09. The summed E-state index contributed by atoms with van der Waals surface area (Å²) in [6.07, 6.45) is 1.08. The molecule has 4 heteroatoms. The van der Waals surface area contributed by atoms with Crippen molar-refractivity contribution in [2.45, 2.75) is 58.9 Å². The molecule has 0 aromatic heterocycles. The SMILES string of the molecule is C[SiH](C)OC(C1CC(=O)CCO1)C(C)(C)C. The van der Waals surface area contributed by atoms with Crippen LogP contribution in [0.2, 0.25) is 13.1 Å². The van der Waals surface area contributed by atoms with E-state index in [9.17, 15) is 4.79 Å². The summed E-state index contributed by atoms with van der Waals surface area (Å²) in [5.41, 5.74) is 0.0273.